The van der Waals surface area contributed by atoms with Gasteiger partial charge in [-0.25, -0.2) is 4.98 Å². The Bertz CT molecular complexity index is 456. The van der Waals surface area contributed by atoms with Gasteiger partial charge in [-0.15, -0.1) is 11.3 Å². The summed E-state index contributed by atoms with van der Waals surface area (Å²) in [6.07, 6.45) is 6.20. The van der Waals surface area contributed by atoms with Gasteiger partial charge in [-0.1, -0.05) is 0 Å². The van der Waals surface area contributed by atoms with E-state index in [-0.39, 0.29) is 5.91 Å². The molecule has 0 unspecified atom stereocenters. The van der Waals surface area contributed by atoms with Gasteiger partial charge in [-0.05, 0) is 39.0 Å². The molecule has 0 saturated carbocycles. The number of ether oxygens (including phenoxy) is 1. The summed E-state index contributed by atoms with van der Waals surface area (Å²) in [6, 6.07) is 0. The highest BCUT2D eigenvalue weighted by Gasteiger charge is 2.37. The second-order valence-electron chi connectivity index (χ2n) is 5.52. The molecule has 3 rings (SSSR count). The van der Waals surface area contributed by atoms with Crippen LogP contribution in [0.1, 0.15) is 41.8 Å². The number of nitrogens with zero attached hydrogens (tertiary/aromatic N) is 1. The first-order chi connectivity index (χ1) is 9.17. The highest BCUT2D eigenvalue weighted by atomic mass is 32.1. The molecule has 4 nitrogen and oxygen atoms in total. The number of hydrogen-bond donors (Lipinski definition) is 1. The molecule has 1 N–H and O–H groups in total. The molecule has 5 heteroatoms. The summed E-state index contributed by atoms with van der Waals surface area (Å²) in [7, 11) is 0. The molecule has 1 fully saturated rings. The molecule has 0 bridgehead atoms. The van der Waals surface area contributed by atoms with Crippen LogP contribution in [0.4, 0.5) is 0 Å². The lowest BCUT2D eigenvalue weighted by Crippen LogP contribution is -2.44. The van der Waals surface area contributed by atoms with Crippen LogP contribution in [0.5, 0.6) is 0 Å². The van der Waals surface area contributed by atoms with E-state index in [1.54, 1.807) is 0 Å². The molecule has 1 aromatic rings. The molecule has 0 spiro atoms. The van der Waals surface area contributed by atoms with Crippen molar-refractivity contribution in [2.75, 3.05) is 13.2 Å². The second-order valence-corrected chi connectivity index (χ2v) is 6.69. The van der Waals surface area contributed by atoms with Gasteiger partial charge >= 0.3 is 0 Å². The van der Waals surface area contributed by atoms with Crippen molar-refractivity contribution in [3.63, 3.8) is 0 Å². The smallest absolute Gasteiger partial charge is 0.251 e. The normalized spacial score (nSPS) is 25.5. The third-order valence-electron chi connectivity index (χ3n) is 3.96. The van der Waals surface area contributed by atoms with Crippen LogP contribution < -0.4 is 5.32 Å². The molecule has 1 amide bonds. The van der Waals surface area contributed by atoms with E-state index in [0.29, 0.717) is 13.2 Å². The van der Waals surface area contributed by atoms with Crippen LogP contribution in [0, 0.1) is 0 Å². The molecule has 1 saturated heterocycles. The molecule has 0 aromatic carbocycles. The first-order valence-electron chi connectivity index (χ1n) is 7.07. The van der Waals surface area contributed by atoms with Gasteiger partial charge in [0.2, 0.25) is 0 Å². The average molecular weight is 280 g/mol. The minimum Gasteiger partial charge on any atom is -0.365 e. The Labute approximate surface area is 117 Å². The zero-order chi connectivity index (χ0) is 13.3. The van der Waals surface area contributed by atoms with Gasteiger partial charge in [0.25, 0.3) is 5.91 Å². The molecular weight excluding hydrogens is 260 g/mol. The monoisotopic (exact) mass is 280 g/mol. The maximum absolute atomic E-state index is 12.0. The molecule has 2 aliphatic rings. The van der Waals surface area contributed by atoms with Crippen molar-refractivity contribution in [2.24, 2.45) is 0 Å². The number of hydrogen-bond acceptors (Lipinski definition) is 4. The van der Waals surface area contributed by atoms with Crippen molar-refractivity contribution in [2.45, 2.75) is 51.0 Å². The van der Waals surface area contributed by atoms with Crippen molar-refractivity contribution in [3.05, 3.63) is 15.6 Å². The number of nitrogens with one attached hydrogen (secondary N) is 1. The Hall–Kier alpha value is -0.940. The Kier molecular flexibility index (Phi) is 3.58. The standard InChI is InChI=1S/C14H20N2O2S/c1-14(7-3-9-18-14)13(17)15-8-6-12-16-10-4-2-5-11(10)19-12/h2-9H2,1H3,(H,15,17)/t14-/m0/s1. The zero-order valence-electron chi connectivity index (χ0n) is 11.3. The van der Waals surface area contributed by atoms with Crippen molar-refractivity contribution < 1.29 is 9.53 Å². The fourth-order valence-electron chi connectivity index (χ4n) is 2.78. The van der Waals surface area contributed by atoms with Gasteiger partial charge in [0.05, 0.1) is 10.7 Å². The van der Waals surface area contributed by atoms with Crippen LogP contribution in [-0.2, 0) is 28.8 Å². The Balaban J connectivity index is 1.48. The first kappa shape index (κ1) is 13.1. The zero-order valence-corrected chi connectivity index (χ0v) is 12.1. The van der Waals surface area contributed by atoms with E-state index in [9.17, 15) is 4.79 Å². The number of fused-ring (bicyclic) bond motifs is 1. The summed E-state index contributed by atoms with van der Waals surface area (Å²) in [6.45, 7) is 3.24. The SMILES string of the molecule is C[C@@]1(C(=O)NCCc2nc3c(s2)CCC3)CCCO1. The van der Waals surface area contributed by atoms with Crippen molar-refractivity contribution in [1.82, 2.24) is 10.3 Å². The van der Waals surface area contributed by atoms with Gasteiger partial charge < -0.3 is 10.1 Å². The van der Waals surface area contributed by atoms with Gasteiger partial charge in [0.15, 0.2) is 0 Å². The molecule has 19 heavy (non-hydrogen) atoms. The fourth-order valence-corrected chi connectivity index (χ4v) is 3.94. The topological polar surface area (TPSA) is 51.2 Å². The summed E-state index contributed by atoms with van der Waals surface area (Å²) in [5.41, 5.74) is 0.683. The summed E-state index contributed by atoms with van der Waals surface area (Å²) < 4.78 is 5.53. The van der Waals surface area contributed by atoms with Gasteiger partial charge in [-0.2, -0.15) is 0 Å². The van der Waals surface area contributed by atoms with Crippen molar-refractivity contribution in [3.8, 4) is 0 Å². The molecule has 2 heterocycles. The quantitative estimate of drug-likeness (QED) is 0.916. The summed E-state index contributed by atoms with van der Waals surface area (Å²) in [5.74, 6) is 0.0223. The van der Waals surface area contributed by atoms with E-state index in [1.807, 2.05) is 18.3 Å². The highest BCUT2D eigenvalue weighted by molar-refractivity contribution is 7.11. The van der Waals surface area contributed by atoms with E-state index >= 15 is 0 Å². The number of aryl methyl sites for hydroxylation is 2. The molecule has 1 aliphatic carbocycles. The predicted octanol–water partition coefficient (Wildman–Crippen LogP) is 1.86. The van der Waals surface area contributed by atoms with E-state index < -0.39 is 5.60 Å². The molecule has 0 radical (unpaired) electrons. The highest BCUT2D eigenvalue weighted by Crippen LogP contribution is 2.28. The van der Waals surface area contributed by atoms with Crippen LogP contribution >= 0.6 is 11.3 Å². The predicted molar refractivity (Wildman–Crippen MR) is 74.4 cm³/mol. The lowest BCUT2D eigenvalue weighted by molar-refractivity contribution is -0.139. The van der Waals surface area contributed by atoms with Crippen molar-refractivity contribution >= 4 is 17.2 Å². The van der Waals surface area contributed by atoms with E-state index in [1.165, 1.54) is 23.4 Å². The Morgan fingerprint density at radius 3 is 3.11 bits per heavy atom. The lowest BCUT2D eigenvalue weighted by Gasteiger charge is -2.21. The third-order valence-corrected chi connectivity index (χ3v) is 5.18. The number of thiazole rings is 1. The fraction of sp³-hybridized carbons (Fsp3) is 0.714. The lowest BCUT2D eigenvalue weighted by atomic mass is 10.0. The molecule has 1 aliphatic heterocycles. The minimum absolute atomic E-state index is 0.0223. The van der Waals surface area contributed by atoms with Crippen LogP contribution in [-0.4, -0.2) is 29.6 Å². The Morgan fingerprint density at radius 2 is 2.37 bits per heavy atom. The molecule has 1 atom stereocenters. The average Bonchev–Trinajstić information content (AvgIpc) is 3.04. The van der Waals surface area contributed by atoms with Gasteiger partial charge in [0.1, 0.15) is 5.60 Å². The number of carbonyl (C=O) groups excluding carboxylic acids is 1. The number of carbonyl (C=O) groups is 1. The van der Waals surface area contributed by atoms with Crippen LogP contribution in [0.25, 0.3) is 0 Å². The van der Waals surface area contributed by atoms with Gasteiger partial charge in [0, 0.05) is 24.4 Å². The van der Waals surface area contributed by atoms with Gasteiger partial charge in [-0.3, -0.25) is 4.79 Å². The summed E-state index contributed by atoms with van der Waals surface area (Å²) in [5, 5.41) is 4.14. The molecule has 1 aromatic heterocycles. The maximum atomic E-state index is 12.0. The number of aromatic nitrogens is 1. The minimum atomic E-state index is -0.607. The molecule has 104 valence electrons. The number of amides is 1. The van der Waals surface area contributed by atoms with Crippen LogP contribution in [0.15, 0.2) is 0 Å². The molecular formula is C14H20N2O2S. The van der Waals surface area contributed by atoms with E-state index in [0.717, 1.165) is 30.7 Å². The Morgan fingerprint density at radius 1 is 1.47 bits per heavy atom. The van der Waals surface area contributed by atoms with E-state index in [4.69, 9.17) is 4.74 Å². The second kappa shape index (κ2) is 5.21. The summed E-state index contributed by atoms with van der Waals surface area (Å²) in [4.78, 5) is 18.1. The number of rotatable bonds is 4. The van der Waals surface area contributed by atoms with E-state index in [2.05, 4.69) is 10.3 Å². The summed E-state index contributed by atoms with van der Waals surface area (Å²) >= 11 is 1.81. The first-order valence-corrected chi connectivity index (χ1v) is 7.89. The van der Waals surface area contributed by atoms with Crippen molar-refractivity contribution in [1.29, 1.82) is 0 Å². The maximum Gasteiger partial charge on any atom is 0.251 e. The van der Waals surface area contributed by atoms with Crippen LogP contribution in [0.2, 0.25) is 0 Å². The largest absolute Gasteiger partial charge is 0.365 e. The van der Waals surface area contributed by atoms with Crippen LogP contribution in [0.3, 0.4) is 0 Å². The third kappa shape index (κ3) is 2.67.